The maximum atomic E-state index is 13.3. The Morgan fingerprint density at radius 3 is 2.54 bits per heavy atom. The van der Waals surface area contributed by atoms with E-state index in [1.54, 1.807) is 37.3 Å². The number of fused-ring (bicyclic) bond motifs is 2. The minimum atomic E-state index is -4.04. The summed E-state index contributed by atoms with van der Waals surface area (Å²) in [6.07, 6.45) is 3.71. The van der Waals surface area contributed by atoms with Crippen molar-refractivity contribution in [1.82, 2.24) is 9.97 Å². The van der Waals surface area contributed by atoms with Gasteiger partial charge in [-0.15, -0.1) is 11.3 Å². The number of hydrogen-bond acceptors (Lipinski definition) is 9. The van der Waals surface area contributed by atoms with Crippen molar-refractivity contribution in [1.29, 1.82) is 0 Å². The van der Waals surface area contributed by atoms with Crippen LogP contribution in [0.5, 0.6) is 0 Å². The number of thiophene rings is 1. The molecule has 2 heterocycles. The molecule has 9 nitrogen and oxygen atoms in total. The van der Waals surface area contributed by atoms with Gasteiger partial charge < -0.3 is 10.1 Å². The number of carbonyl (C=O) groups excluding carboxylic acids is 1. The second-order valence-electron chi connectivity index (χ2n) is 8.43. The molecule has 2 aromatic heterocycles. The fourth-order valence-electron chi connectivity index (χ4n) is 4.27. The van der Waals surface area contributed by atoms with Crippen LogP contribution in [-0.4, -0.2) is 37.7 Å². The zero-order valence-electron chi connectivity index (χ0n) is 20.2. The summed E-state index contributed by atoms with van der Waals surface area (Å²) in [6, 6.07) is 13.3. The van der Waals surface area contributed by atoms with Gasteiger partial charge in [0.1, 0.15) is 5.00 Å². The lowest BCUT2D eigenvalue weighted by Gasteiger charge is -2.15. The molecule has 2 aromatic carbocycles. The summed E-state index contributed by atoms with van der Waals surface area (Å²) >= 11 is 1.47. The zero-order valence-corrected chi connectivity index (χ0v) is 21.8. The fraction of sp³-hybridized carbons (Fsp3) is 0.231. The van der Waals surface area contributed by atoms with E-state index in [-0.39, 0.29) is 23.1 Å². The third kappa shape index (κ3) is 5.05. The molecule has 0 spiro atoms. The van der Waals surface area contributed by atoms with Gasteiger partial charge in [0.15, 0.2) is 11.6 Å². The van der Waals surface area contributed by atoms with Crippen LogP contribution in [0.2, 0.25) is 0 Å². The van der Waals surface area contributed by atoms with Crippen LogP contribution in [0.25, 0.3) is 11.0 Å². The molecular formula is C26H25N5O4S2. The van der Waals surface area contributed by atoms with E-state index >= 15 is 0 Å². The summed E-state index contributed by atoms with van der Waals surface area (Å²) in [4.78, 5) is 27.1. The summed E-state index contributed by atoms with van der Waals surface area (Å²) in [5.41, 5.74) is 2.99. The van der Waals surface area contributed by atoms with E-state index in [0.29, 0.717) is 27.3 Å². The van der Waals surface area contributed by atoms with Crippen molar-refractivity contribution in [3.63, 3.8) is 0 Å². The molecule has 4 aromatic rings. The monoisotopic (exact) mass is 535 g/mol. The number of anilines is 3. The van der Waals surface area contributed by atoms with Crippen molar-refractivity contribution in [3.05, 3.63) is 64.5 Å². The summed E-state index contributed by atoms with van der Waals surface area (Å²) in [7, 11) is -4.04. The normalized spacial score (nSPS) is 13.1. The van der Waals surface area contributed by atoms with E-state index in [2.05, 4.69) is 31.7 Å². The molecule has 0 aliphatic heterocycles. The first-order valence-corrected chi connectivity index (χ1v) is 14.1. The van der Waals surface area contributed by atoms with Gasteiger partial charge in [0, 0.05) is 4.88 Å². The molecule has 190 valence electrons. The van der Waals surface area contributed by atoms with Crippen LogP contribution in [0, 0.1) is 0 Å². The predicted octanol–water partition coefficient (Wildman–Crippen LogP) is 5.62. The lowest BCUT2D eigenvalue weighted by molar-refractivity contribution is 0.0526. The number of sulfonamides is 1. The molecular weight excluding hydrogens is 510 g/mol. The largest absolute Gasteiger partial charge is 0.462 e. The van der Waals surface area contributed by atoms with Crippen LogP contribution >= 0.6 is 11.3 Å². The van der Waals surface area contributed by atoms with Crippen LogP contribution in [0.4, 0.5) is 22.3 Å². The highest BCUT2D eigenvalue weighted by Crippen LogP contribution is 2.41. The van der Waals surface area contributed by atoms with Crippen LogP contribution < -0.4 is 10.0 Å². The number of nitrogens with zero attached hydrogens (tertiary/aromatic N) is 3. The second kappa shape index (κ2) is 10.3. The highest BCUT2D eigenvalue weighted by atomic mass is 32.2. The quantitative estimate of drug-likeness (QED) is 0.222. The zero-order chi connectivity index (χ0) is 26.0. The smallest absolute Gasteiger partial charge is 0.341 e. The van der Waals surface area contributed by atoms with Gasteiger partial charge in [-0.25, -0.2) is 23.2 Å². The number of para-hydroxylation sites is 2. The number of benzene rings is 2. The van der Waals surface area contributed by atoms with Crippen molar-refractivity contribution in [2.24, 2.45) is 4.99 Å². The van der Waals surface area contributed by atoms with Gasteiger partial charge in [0.05, 0.1) is 33.8 Å². The average molecular weight is 536 g/mol. The topological polar surface area (TPSA) is 123 Å². The Hall–Kier alpha value is -3.83. The SMILES string of the molecule is C=Nc1cccc(S(=O)(=O)Nc2nc3ccccc3nc2Nc2sc3c(c2C(=O)OCC)CCCC3)c1. The Bertz CT molecular complexity index is 1610. The van der Waals surface area contributed by atoms with E-state index in [9.17, 15) is 13.2 Å². The molecule has 1 aliphatic carbocycles. The number of ether oxygens (including phenoxy) is 1. The lowest BCUT2D eigenvalue weighted by atomic mass is 9.95. The van der Waals surface area contributed by atoms with E-state index in [4.69, 9.17) is 4.74 Å². The molecule has 0 fully saturated rings. The van der Waals surface area contributed by atoms with Crippen molar-refractivity contribution in [3.8, 4) is 0 Å². The Labute approximate surface area is 218 Å². The highest BCUT2D eigenvalue weighted by molar-refractivity contribution is 7.92. The standard InChI is InChI=1S/C26H25N5O4S2/c1-3-35-26(32)22-18-11-4-7-14-21(18)36-25(22)30-23-24(29-20-13-6-5-12-19(20)28-23)31-37(33,34)17-10-8-9-16(15-17)27-2/h5-6,8-10,12-13,15H,2-4,7,11,14H2,1H3,(H,28,30)(H,29,31). The highest BCUT2D eigenvalue weighted by Gasteiger charge is 2.28. The van der Waals surface area contributed by atoms with E-state index in [0.717, 1.165) is 36.1 Å². The Balaban J connectivity index is 1.60. The maximum absolute atomic E-state index is 13.3. The summed E-state index contributed by atoms with van der Waals surface area (Å²) < 4.78 is 34.5. The lowest BCUT2D eigenvalue weighted by Crippen LogP contribution is -2.16. The first-order chi connectivity index (χ1) is 17.9. The minimum Gasteiger partial charge on any atom is -0.462 e. The Morgan fingerprint density at radius 1 is 1.08 bits per heavy atom. The number of aromatic nitrogens is 2. The molecule has 0 saturated carbocycles. The van der Waals surface area contributed by atoms with Gasteiger partial charge in [-0.05, 0) is 75.2 Å². The Kier molecular flexibility index (Phi) is 6.90. The number of rotatable bonds is 8. The first kappa shape index (κ1) is 24.8. The van der Waals surface area contributed by atoms with Gasteiger partial charge in [-0.1, -0.05) is 18.2 Å². The number of nitrogens with one attached hydrogen (secondary N) is 2. The summed E-state index contributed by atoms with van der Waals surface area (Å²) in [5, 5.41) is 3.78. The predicted molar refractivity (Wildman–Crippen MR) is 146 cm³/mol. The van der Waals surface area contributed by atoms with Gasteiger partial charge in [0.25, 0.3) is 10.0 Å². The molecule has 0 amide bonds. The van der Waals surface area contributed by atoms with E-state index < -0.39 is 16.0 Å². The molecule has 0 saturated heterocycles. The Morgan fingerprint density at radius 2 is 1.81 bits per heavy atom. The fourth-order valence-corrected chi connectivity index (χ4v) is 6.60. The number of hydrogen-bond donors (Lipinski definition) is 2. The van der Waals surface area contributed by atoms with Crippen molar-refractivity contribution in [2.45, 2.75) is 37.5 Å². The third-order valence-corrected chi connectivity index (χ3v) is 8.54. The first-order valence-electron chi connectivity index (χ1n) is 11.8. The van der Waals surface area contributed by atoms with Gasteiger partial charge in [-0.3, -0.25) is 9.71 Å². The molecule has 1 aliphatic rings. The van der Waals surface area contributed by atoms with Crippen molar-refractivity contribution < 1.29 is 17.9 Å². The van der Waals surface area contributed by atoms with Crippen LogP contribution in [-0.2, 0) is 27.6 Å². The number of aliphatic imine (C=N–C) groups is 1. The van der Waals surface area contributed by atoms with Gasteiger partial charge in [-0.2, -0.15) is 0 Å². The van der Waals surface area contributed by atoms with Gasteiger partial charge in [0.2, 0.25) is 0 Å². The average Bonchev–Trinajstić information content (AvgIpc) is 3.27. The van der Waals surface area contributed by atoms with Gasteiger partial charge >= 0.3 is 5.97 Å². The molecule has 0 atom stereocenters. The third-order valence-electron chi connectivity index (χ3n) is 5.99. The molecule has 11 heteroatoms. The van der Waals surface area contributed by atoms with E-state index in [1.807, 2.05) is 6.07 Å². The summed E-state index contributed by atoms with van der Waals surface area (Å²) in [6.45, 7) is 5.48. The van der Waals surface area contributed by atoms with Crippen molar-refractivity contribution in [2.75, 3.05) is 16.6 Å². The molecule has 5 rings (SSSR count). The summed E-state index contributed by atoms with van der Waals surface area (Å²) in [5.74, 6) is -0.213. The molecule has 0 unspecified atom stereocenters. The number of carbonyl (C=O) groups is 1. The molecule has 2 N–H and O–H groups in total. The van der Waals surface area contributed by atoms with Crippen LogP contribution in [0.1, 0.15) is 40.6 Å². The number of esters is 1. The van der Waals surface area contributed by atoms with Crippen LogP contribution in [0.15, 0.2) is 58.4 Å². The van der Waals surface area contributed by atoms with Crippen molar-refractivity contribution >= 4 is 67.4 Å². The number of aryl methyl sites for hydroxylation is 1. The van der Waals surface area contributed by atoms with Crippen LogP contribution in [0.3, 0.4) is 0 Å². The molecule has 37 heavy (non-hydrogen) atoms. The minimum absolute atomic E-state index is 0.0110. The maximum Gasteiger partial charge on any atom is 0.341 e. The molecule has 0 radical (unpaired) electrons. The molecule has 0 bridgehead atoms. The van der Waals surface area contributed by atoms with E-state index in [1.165, 1.54) is 23.5 Å². The second-order valence-corrected chi connectivity index (χ2v) is 11.2.